The number of primary amides is 1. The van der Waals surface area contributed by atoms with Crippen molar-refractivity contribution in [1.29, 1.82) is 0 Å². The van der Waals surface area contributed by atoms with Gasteiger partial charge in [0, 0.05) is 6.54 Å². The van der Waals surface area contributed by atoms with Gasteiger partial charge in [-0.3, -0.25) is 4.79 Å². The fraction of sp³-hybridized carbons (Fsp3) is 0.417. The molecule has 88 valence electrons. The Morgan fingerprint density at radius 2 is 2.06 bits per heavy atom. The maximum absolute atomic E-state index is 11.2. The summed E-state index contributed by atoms with van der Waals surface area (Å²) in [4.78, 5) is 11.2. The standard InChI is InChI=1S/C12H18N2O2/c1-9(15)8-14-11(12(13)16)7-10-5-3-2-4-6-10/h2-6,9,11,14-15H,7-8H2,1H3,(H2,13,16)/t9-,11-/m0/s1. The monoisotopic (exact) mass is 222 g/mol. The molecule has 0 fully saturated rings. The first-order chi connectivity index (χ1) is 7.59. The number of carbonyl (C=O) groups excluding carboxylic acids is 1. The predicted molar refractivity (Wildman–Crippen MR) is 62.8 cm³/mol. The van der Waals surface area contributed by atoms with Crippen molar-refractivity contribution in [3.63, 3.8) is 0 Å². The van der Waals surface area contributed by atoms with Gasteiger partial charge in [0.15, 0.2) is 0 Å². The van der Waals surface area contributed by atoms with E-state index in [0.717, 1.165) is 5.56 Å². The molecular weight excluding hydrogens is 204 g/mol. The average Bonchev–Trinajstić information content (AvgIpc) is 2.25. The number of amides is 1. The molecule has 0 aliphatic heterocycles. The van der Waals surface area contributed by atoms with Crippen LogP contribution >= 0.6 is 0 Å². The van der Waals surface area contributed by atoms with Crippen molar-refractivity contribution in [3.8, 4) is 0 Å². The summed E-state index contributed by atoms with van der Waals surface area (Å²) >= 11 is 0. The molecule has 0 unspecified atom stereocenters. The first kappa shape index (κ1) is 12.7. The Morgan fingerprint density at radius 1 is 1.44 bits per heavy atom. The van der Waals surface area contributed by atoms with Gasteiger partial charge in [-0.15, -0.1) is 0 Å². The van der Waals surface area contributed by atoms with Crippen molar-refractivity contribution in [2.24, 2.45) is 5.73 Å². The molecule has 0 heterocycles. The molecular formula is C12H18N2O2. The summed E-state index contributed by atoms with van der Waals surface area (Å²) in [6.07, 6.45) is 0.0562. The summed E-state index contributed by atoms with van der Waals surface area (Å²) in [5.41, 5.74) is 6.33. The lowest BCUT2D eigenvalue weighted by Crippen LogP contribution is -2.45. The predicted octanol–water partition coefficient (Wildman–Crippen LogP) is 0.0534. The van der Waals surface area contributed by atoms with Crippen LogP contribution in [0.5, 0.6) is 0 Å². The zero-order valence-corrected chi connectivity index (χ0v) is 9.39. The van der Waals surface area contributed by atoms with Gasteiger partial charge in [-0.2, -0.15) is 0 Å². The SMILES string of the molecule is C[C@H](O)CN[C@@H](Cc1ccccc1)C(N)=O. The van der Waals surface area contributed by atoms with Crippen LogP contribution in [-0.4, -0.2) is 29.7 Å². The molecule has 4 N–H and O–H groups in total. The van der Waals surface area contributed by atoms with Crippen molar-refractivity contribution in [2.45, 2.75) is 25.5 Å². The first-order valence-corrected chi connectivity index (χ1v) is 5.34. The highest BCUT2D eigenvalue weighted by atomic mass is 16.3. The molecule has 0 aliphatic carbocycles. The van der Waals surface area contributed by atoms with E-state index in [1.807, 2.05) is 30.3 Å². The number of benzene rings is 1. The molecule has 4 heteroatoms. The Morgan fingerprint density at radius 3 is 2.56 bits per heavy atom. The van der Waals surface area contributed by atoms with E-state index in [-0.39, 0.29) is 0 Å². The Bertz CT molecular complexity index is 325. The Balaban J connectivity index is 2.55. The minimum absolute atomic E-state index is 0.362. The third-order valence-electron chi connectivity index (χ3n) is 2.29. The number of rotatable bonds is 6. The molecule has 1 aromatic rings. The van der Waals surface area contributed by atoms with Crippen LogP contribution in [0.2, 0.25) is 0 Å². The molecule has 1 rings (SSSR count). The quantitative estimate of drug-likeness (QED) is 0.637. The molecule has 0 radical (unpaired) electrons. The molecule has 16 heavy (non-hydrogen) atoms. The van der Waals surface area contributed by atoms with Crippen LogP contribution < -0.4 is 11.1 Å². The number of nitrogens with one attached hydrogen (secondary N) is 1. The normalized spacial score (nSPS) is 14.4. The third kappa shape index (κ3) is 4.42. The van der Waals surface area contributed by atoms with Crippen LogP contribution in [0, 0.1) is 0 Å². The van der Waals surface area contributed by atoms with Crippen molar-refractivity contribution in [3.05, 3.63) is 35.9 Å². The van der Waals surface area contributed by atoms with Crippen molar-refractivity contribution >= 4 is 5.91 Å². The van der Waals surface area contributed by atoms with Crippen molar-refractivity contribution < 1.29 is 9.90 Å². The van der Waals surface area contributed by atoms with Crippen LogP contribution in [0.25, 0.3) is 0 Å². The Hall–Kier alpha value is -1.39. The molecule has 0 saturated heterocycles. The summed E-state index contributed by atoms with van der Waals surface area (Å²) < 4.78 is 0. The molecule has 0 aromatic heterocycles. The molecule has 0 bridgehead atoms. The largest absolute Gasteiger partial charge is 0.392 e. The van der Waals surface area contributed by atoms with Gasteiger partial charge in [-0.1, -0.05) is 30.3 Å². The maximum Gasteiger partial charge on any atom is 0.234 e. The Labute approximate surface area is 95.5 Å². The van der Waals surface area contributed by atoms with Crippen LogP contribution in [0.3, 0.4) is 0 Å². The maximum atomic E-state index is 11.2. The van der Waals surface area contributed by atoms with Gasteiger partial charge >= 0.3 is 0 Å². The summed E-state index contributed by atoms with van der Waals surface area (Å²) in [6.45, 7) is 2.02. The van der Waals surface area contributed by atoms with Gasteiger partial charge < -0.3 is 16.2 Å². The summed E-state index contributed by atoms with van der Waals surface area (Å²) in [5, 5.41) is 12.1. The fourth-order valence-corrected chi connectivity index (χ4v) is 1.44. The molecule has 4 nitrogen and oxygen atoms in total. The lowest BCUT2D eigenvalue weighted by molar-refractivity contribution is -0.120. The average molecular weight is 222 g/mol. The second kappa shape index (κ2) is 6.25. The number of nitrogens with two attached hydrogens (primary N) is 1. The van der Waals surface area contributed by atoms with Crippen LogP contribution in [-0.2, 0) is 11.2 Å². The van der Waals surface area contributed by atoms with E-state index in [1.165, 1.54) is 0 Å². The van der Waals surface area contributed by atoms with E-state index >= 15 is 0 Å². The van der Waals surface area contributed by atoms with Crippen molar-refractivity contribution in [1.82, 2.24) is 5.32 Å². The van der Waals surface area contributed by atoms with E-state index in [2.05, 4.69) is 5.32 Å². The lowest BCUT2D eigenvalue weighted by atomic mass is 10.1. The zero-order valence-electron chi connectivity index (χ0n) is 9.39. The minimum atomic E-state index is -0.488. The number of hydrogen-bond donors (Lipinski definition) is 3. The first-order valence-electron chi connectivity index (χ1n) is 5.34. The smallest absolute Gasteiger partial charge is 0.234 e. The number of aliphatic hydroxyl groups is 1. The lowest BCUT2D eigenvalue weighted by Gasteiger charge is -2.16. The highest BCUT2D eigenvalue weighted by Gasteiger charge is 2.15. The van der Waals surface area contributed by atoms with E-state index in [9.17, 15) is 4.79 Å². The number of aliphatic hydroxyl groups excluding tert-OH is 1. The molecule has 1 amide bonds. The number of hydrogen-bond acceptors (Lipinski definition) is 3. The van der Waals surface area contributed by atoms with E-state index in [1.54, 1.807) is 6.92 Å². The fourth-order valence-electron chi connectivity index (χ4n) is 1.44. The van der Waals surface area contributed by atoms with Crippen molar-refractivity contribution in [2.75, 3.05) is 6.54 Å². The van der Waals surface area contributed by atoms with Gasteiger partial charge in [-0.25, -0.2) is 0 Å². The third-order valence-corrected chi connectivity index (χ3v) is 2.29. The van der Waals surface area contributed by atoms with E-state index in [4.69, 9.17) is 10.8 Å². The van der Waals surface area contributed by atoms with Gasteiger partial charge in [-0.05, 0) is 18.9 Å². The molecule has 0 spiro atoms. The van der Waals surface area contributed by atoms with E-state index < -0.39 is 18.1 Å². The second-order valence-corrected chi connectivity index (χ2v) is 3.90. The molecule has 0 saturated carbocycles. The number of carbonyl (C=O) groups is 1. The highest BCUT2D eigenvalue weighted by Crippen LogP contribution is 2.02. The van der Waals surface area contributed by atoms with E-state index in [0.29, 0.717) is 13.0 Å². The van der Waals surface area contributed by atoms with Gasteiger partial charge in [0.2, 0.25) is 5.91 Å². The van der Waals surface area contributed by atoms with Crippen LogP contribution in [0.15, 0.2) is 30.3 Å². The molecule has 1 aromatic carbocycles. The summed E-state index contributed by atoms with van der Waals surface area (Å²) in [5.74, 6) is -0.399. The zero-order chi connectivity index (χ0) is 12.0. The second-order valence-electron chi connectivity index (χ2n) is 3.90. The summed E-state index contributed by atoms with van der Waals surface area (Å²) in [6, 6.07) is 9.22. The summed E-state index contributed by atoms with van der Waals surface area (Å²) in [7, 11) is 0. The Kier molecular flexibility index (Phi) is 4.95. The highest BCUT2D eigenvalue weighted by molar-refractivity contribution is 5.80. The topological polar surface area (TPSA) is 75.3 Å². The van der Waals surface area contributed by atoms with Crippen LogP contribution in [0.1, 0.15) is 12.5 Å². The minimum Gasteiger partial charge on any atom is -0.392 e. The van der Waals surface area contributed by atoms with Gasteiger partial charge in [0.05, 0.1) is 12.1 Å². The molecule has 0 aliphatic rings. The van der Waals surface area contributed by atoms with Crippen LogP contribution in [0.4, 0.5) is 0 Å². The van der Waals surface area contributed by atoms with Gasteiger partial charge in [0.1, 0.15) is 0 Å². The van der Waals surface area contributed by atoms with Gasteiger partial charge in [0.25, 0.3) is 0 Å². The molecule has 2 atom stereocenters.